The van der Waals surface area contributed by atoms with Crippen LogP contribution in [0.25, 0.3) is 0 Å². The van der Waals surface area contributed by atoms with Gasteiger partial charge in [-0.1, -0.05) is 61.4 Å². The van der Waals surface area contributed by atoms with Gasteiger partial charge >= 0.3 is 0 Å². The van der Waals surface area contributed by atoms with Crippen LogP contribution in [0.1, 0.15) is 70.9 Å². The standard InChI is InChI=1S/C29H44N2O/c1-5-10-28-23(3)14-15-24(4)29(28)31-22-25(6-2)16-19-30-18-8-7-11-26-12-9-13-27(21-26)17-20-32/h5,9-10,12-13,16,19,21,24,29,31-32H,6-8,11,14-15,17-18,20,22H2,1-4H3/b10-5-,25-16+,30-19+. The fourth-order valence-electron chi connectivity index (χ4n) is 4.44. The summed E-state index contributed by atoms with van der Waals surface area (Å²) in [7, 11) is 0. The Labute approximate surface area is 196 Å². The number of nitrogens with one attached hydrogen (secondary N) is 1. The van der Waals surface area contributed by atoms with Crippen molar-refractivity contribution in [3.8, 4) is 0 Å². The van der Waals surface area contributed by atoms with Crippen LogP contribution in [0.4, 0.5) is 0 Å². The minimum absolute atomic E-state index is 0.216. The Kier molecular flexibility index (Phi) is 12.3. The second-order valence-electron chi connectivity index (χ2n) is 9.09. The first-order valence-electron chi connectivity index (χ1n) is 12.5. The number of hydrogen-bond acceptors (Lipinski definition) is 3. The summed E-state index contributed by atoms with van der Waals surface area (Å²) < 4.78 is 0. The summed E-state index contributed by atoms with van der Waals surface area (Å²) in [6, 6.07) is 9.02. The first-order valence-corrected chi connectivity index (χ1v) is 12.5. The molecule has 1 aromatic carbocycles. The first kappa shape index (κ1) is 26.3. The predicted molar refractivity (Wildman–Crippen MR) is 140 cm³/mol. The summed E-state index contributed by atoms with van der Waals surface area (Å²) >= 11 is 0. The molecule has 0 radical (unpaired) electrons. The Balaban J connectivity index is 1.76. The van der Waals surface area contributed by atoms with E-state index in [-0.39, 0.29) is 6.61 Å². The Morgan fingerprint density at radius 2 is 2.00 bits per heavy atom. The van der Waals surface area contributed by atoms with Gasteiger partial charge in [-0.05, 0) is 87.5 Å². The molecule has 32 heavy (non-hydrogen) atoms. The Morgan fingerprint density at radius 1 is 1.22 bits per heavy atom. The third-order valence-electron chi connectivity index (χ3n) is 6.53. The number of aliphatic imine (C=N–C) groups is 1. The molecule has 1 aliphatic rings. The zero-order chi connectivity index (χ0) is 23.2. The largest absolute Gasteiger partial charge is 0.396 e. The van der Waals surface area contributed by atoms with Gasteiger partial charge in [-0.2, -0.15) is 0 Å². The Morgan fingerprint density at radius 3 is 2.72 bits per heavy atom. The van der Waals surface area contributed by atoms with Crippen molar-refractivity contribution in [3.05, 3.63) is 70.3 Å². The summed E-state index contributed by atoms with van der Waals surface area (Å²) in [5.41, 5.74) is 7.00. The molecule has 2 unspecified atom stereocenters. The average molecular weight is 437 g/mol. The normalized spacial score (nSPS) is 20.1. The van der Waals surface area contributed by atoms with Crippen LogP contribution >= 0.6 is 0 Å². The molecule has 2 rings (SSSR count). The van der Waals surface area contributed by atoms with E-state index in [9.17, 15) is 0 Å². The predicted octanol–water partition coefficient (Wildman–Crippen LogP) is 6.23. The molecule has 0 saturated carbocycles. The van der Waals surface area contributed by atoms with Crippen LogP contribution in [0.5, 0.6) is 0 Å². The lowest BCUT2D eigenvalue weighted by molar-refractivity contribution is 0.299. The number of aliphatic hydroxyl groups excluding tert-OH is 1. The molecule has 0 saturated heterocycles. The van der Waals surface area contributed by atoms with Gasteiger partial charge in [-0.25, -0.2) is 0 Å². The SMILES string of the molecule is C/C=C\C1=C(C)CCC(C)C1NC/C(=C/C=N/CCCCc1cccc(CCO)c1)CC. The molecule has 0 aromatic heterocycles. The number of aryl methyl sites for hydroxylation is 1. The molecule has 2 N–H and O–H groups in total. The minimum atomic E-state index is 0.216. The summed E-state index contributed by atoms with van der Waals surface area (Å²) in [6.45, 7) is 11.0. The molecule has 0 fully saturated rings. The van der Waals surface area contributed by atoms with E-state index < -0.39 is 0 Å². The highest BCUT2D eigenvalue weighted by atomic mass is 16.2. The van der Waals surface area contributed by atoms with Crippen molar-refractivity contribution < 1.29 is 5.11 Å². The molecule has 0 bridgehead atoms. The van der Waals surface area contributed by atoms with Crippen LogP contribution in [0, 0.1) is 5.92 Å². The highest BCUT2D eigenvalue weighted by Crippen LogP contribution is 2.30. The molecule has 176 valence electrons. The molecule has 3 heteroatoms. The van der Waals surface area contributed by atoms with E-state index in [1.807, 2.05) is 6.21 Å². The van der Waals surface area contributed by atoms with Crippen molar-refractivity contribution in [1.82, 2.24) is 5.32 Å². The molecule has 0 aliphatic heterocycles. The van der Waals surface area contributed by atoms with Crippen LogP contribution < -0.4 is 5.32 Å². The minimum Gasteiger partial charge on any atom is -0.396 e. The number of allylic oxidation sites excluding steroid dienone is 3. The molecule has 1 aromatic rings. The van der Waals surface area contributed by atoms with Gasteiger partial charge < -0.3 is 10.4 Å². The fourth-order valence-corrected chi connectivity index (χ4v) is 4.44. The van der Waals surface area contributed by atoms with Gasteiger partial charge in [0, 0.05) is 32.0 Å². The zero-order valence-electron chi connectivity index (χ0n) is 20.7. The van der Waals surface area contributed by atoms with E-state index in [0.717, 1.165) is 45.2 Å². The van der Waals surface area contributed by atoms with E-state index in [1.54, 1.807) is 0 Å². The number of nitrogens with zero attached hydrogens (tertiary/aromatic N) is 1. The van der Waals surface area contributed by atoms with Gasteiger partial charge in [0.1, 0.15) is 0 Å². The maximum absolute atomic E-state index is 9.09. The maximum atomic E-state index is 9.09. The molecule has 3 nitrogen and oxygen atoms in total. The maximum Gasteiger partial charge on any atom is 0.0471 e. The van der Waals surface area contributed by atoms with E-state index in [2.05, 4.69) is 80.5 Å². The van der Waals surface area contributed by atoms with Crippen LogP contribution in [-0.2, 0) is 12.8 Å². The molecule has 2 atom stereocenters. The molecule has 0 spiro atoms. The van der Waals surface area contributed by atoms with Gasteiger partial charge in [-0.3, -0.25) is 4.99 Å². The van der Waals surface area contributed by atoms with E-state index in [4.69, 9.17) is 5.11 Å². The van der Waals surface area contributed by atoms with Crippen molar-refractivity contribution in [2.75, 3.05) is 19.7 Å². The van der Waals surface area contributed by atoms with Crippen LogP contribution in [-0.4, -0.2) is 37.1 Å². The van der Waals surface area contributed by atoms with Gasteiger partial charge in [0.05, 0.1) is 0 Å². The quantitative estimate of drug-likeness (QED) is 0.284. The smallest absolute Gasteiger partial charge is 0.0471 e. The van der Waals surface area contributed by atoms with Crippen molar-refractivity contribution >= 4 is 6.21 Å². The van der Waals surface area contributed by atoms with E-state index in [1.165, 1.54) is 40.7 Å². The molecular formula is C29H44N2O. The molecule has 0 amide bonds. The monoisotopic (exact) mass is 436 g/mol. The number of aliphatic hydroxyl groups is 1. The summed E-state index contributed by atoms with van der Waals surface area (Å²) in [4.78, 5) is 4.62. The van der Waals surface area contributed by atoms with Crippen molar-refractivity contribution in [2.24, 2.45) is 10.9 Å². The lowest BCUT2D eigenvalue weighted by Crippen LogP contribution is -2.40. The summed E-state index contributed by atoms with van der Waals surface area (Å²) in [5, 5.41) is 12.9. The van der Waals surface area contributed by atoms with E-state index in [0.29, 0.717) is 12.0 Å². The van der Waals surface area contributed by atoms with Crippen LogP contribution in [0.15, 0.2) is 64.2 Å². The van der Waals surface area contributed by atoms with Crippen LogP contribution in [0.3, 0.4) is 0 Å². The third-order valence-corrected chi connectivity index (χ3v) is 6.53. The van der Waals surface area contributed by atoms with Crippen molar-refractivity contribution in [1.29, 1.82) is 0 Å². The Hall–Kier alpha value is -1.97. The number of unbranched alkanes of at least 4 members (excludes halogenated alkanes) is 1. The lowest BCUT2D eigenvalue weighted by Gasteiger charge is -2.33. The lowest BCUT2D eigenvalue weighted by atomic mass is 9.80. The van der Waals surface area contributed by atoms with Crippen molar-refractivity contribution in [3.63, 3.8) is 0 Å². The summed E-state index contributed by atoms with van der Waals surface area (Å²) in [5.74, 6) is 0.668. The van der Waals surface area contributed by atoms with Crippen molar-refractivity contribution in [2.45, 2.75) is 78.7 Å². The Bertz CT molecular complexity index is 803. The van der Waals surface area contributed by atoms with Gasteiger partial charge in [0.15, 0.2) is 0 Å². The van der Waals surface area contributed by atoms with E-state index >= 15 is 0 Å². The average Bonchev–Trinajstić information content (AvgIpc) is 2.79. The van der Waals surface area contributed by atoms with Gasteiger partial charge in [0.2, 0.25) is 0 Å². The number of hydrogen-bond donors (Lipinski definition) is 2. The number of rotatable bonds is 13. The zero-order valence-corrected chi connectivity index (χ0v) is 20.7. The highest BCUT2D eigenvalue weighted by Gasteiger charge is 2.25. The second-order valence-corrected chi connectivity index (χ2v) is 9.09. The summed E-state index contributed by atoms with van der Waals surface area (Å²) in [6.07, 6.45) is 16.3. The third kappa shape index (κ3) is 8.88. The molecule has 0 heterocycles. The molecule has 1 aliphatic carbocycles. The van der Waals surface area contributed by atoms with Gasteiger partial charge in [-0.15, -0.1) is 0 Å². The highest BCUT2D eigenvalue weighted by molar-refractivity contribution is 5.72. The van der Waals surface area contributed by atoms with Crippen LogP contribution in [0.2, 0.25) is 0 Å². The second kappa shape index (κ2) is 15.0. The molecular weight excluding hydrogens is 392 g/mol. The number of benzene rings is 1. The van der Waals surface area contributed by atoms with Gasteiger partial charge in [0.25, 0.3) is 0 Å². The topological polar surface area (TPSA) is 44.6 Å². The fraction of sp³-hybridized carbons (Fsp3) is 0.552. The first-order chi connectivity index (χ1) is 15.6.